The fourth-order valence-electron chi connectivity index (χ4n) is 5.47. The van der Waals surface area contributed by atoms with Crippen LogP contribution in [0.4, 0.5) is 19.0 Å². The quantitative estimate of drug-likeness (QED) is 0.532. The first-order valence-electron chi connectivity index (χ1n) is 11.8. The molecule has 3 aliphatic rings. The van der Waals surface area contributed by atoms with Crippen molar-refractivity contribution in [2.24, 2.45) is 5.41 Å². The van der Waals surface area contributed by atoms with E-state index in [0.29, 0.717) is 16.8 Å². The Bertz CT molecular complexity index is 1190. The summed E-state index contributed by atoms with van der Waals surface area (Å²) in [7, 11) is 0. The number of rotatable bonds is 3. The Balaban J connectivity index is 1.48. The van der Waals surface area contributed by atoms with Crippen LogP contribution in [0.25, 0.3) is 17.0 Å². The molecule has 33 heavy (non-hydrogen) atoms. The molecule has 0 radical (unpaired) electrons. The van der Waals surface area contributed by atoms with E-state index >= 15 is 0 Å². The highest BCUT2D eigenvalue weighted by Gasteiger charge is 2.44. The summed E-state index contributed by atoms with van der Waals surface area (Å²) >= 11 is 0. The summed E-state index contributed by atoms with van der Waals surface area (Å²) in [5.74, 6) is 1.15. The number of ether oxygens (including phenoxy) is 1. The van der Waals surface area contributed by atoms with Gasteiger partial charge in [-0.25, -0.2) is 0 Å². The van der Waals surface area contributed by atoms with Gasteiger partial charge in [0.15, 0.2) is 17.3 Å². The fourth-order valence-corrected chi connectivity index (χ4v) is 5.47. The van der Waals surface area contributed by atoms with E-state index in [1.807, 2.05) is 0 Å². The zero-order chi connectivity index (χ0) is 22.6. The zero-order valence-electron chi connectivity index (χ0n) is 18.4. The molecule has 0 atom stereocenters. The van der Waals surface area contributed by atoms with Crippen LogP contribution < -0.4 is 9.64 Å². The lowest BCUT2D eigenvalue weighted by molar-refractivity contribution is -0.274. The average Bonchev–Trinajstić information content (AvgIpc) is 3.49. The van der Waals surface area contributed by atoms with Gasteiger partial charge in [0, 0.05) is 29.8 Å². The lowest BCUT2D eigenvalue weighted by Gasteiger charge is -2.30. The molecule has 9 heteroatoms. The number of benzene rings is 1. The summed E-state index contributed by atoms with van der Waals surface area (Å²) in [6, 6.07) is 5.88. The van der Waals surface area contributed by atoms with Crippen LogP contribution in [-0.2, 0) is 12.8 Å². The van der Waals surface area contributed by atoms with Gasteiger partial charge in [-0.05, 0) is 75.3 Å². The van der Waals surface area contributed by atoms with Crippen LogP contribution >= 0.6 is 0 Å². The van der Waals surface area contributed by atoms with Gasteiger partial charge in [0.2, 0.25) is 0 Å². The molecule has 1 aromatic carbocycles. The Morgan fingerprint density at radius 2 is 1.67 bits per heavy atom. The highest BCUT2D eigenvalue weighted by molar-refractivity contribution is 5.67. The van der Waals surface area contributed by atoms with Crippen molar-refractivity contribution in [2.45, 2.75) is 64.1 Å². The topological polar surface area (TPSA) is 55.6 Å². The summed E-state index contributed by atoms with van der Waals surface area (Å²) in [6.07, 6.45) is 5.65. The van der Waals surface area contributed by atoms with E-state index in [2.05, 4.69) is 19.8 Å². The average molecular weight is 458 g/mol. The van der Waals surface area contributed by atoms with Gasteiger partial charge in [-0.15, -0.1) is 28.5 Å². The molecule has 2 aromatic heterocycles. The molecule has 2 fully saturated rings. The van der Waals surface area contributed by atoms with Crippen molar-refractivity contribution in [2.75, 3.05) is 18.0 Å². The highest BCUT2D eigenvalue weighted by Crippen LogP contribution is 2.55. The molecule has 0 amide bonds. The smallest absolute Gasteiger partial charge is 0.406 e. The van der Waals surface area contributed by atoms with Gasteiger partial charge in [-0.1, -0.05) is 12.1 Å². The van der Waals surface area contributed by atoms with Crippen LogP contribution in [0.3, 0.4) is 0 Å². The zero-order valence-corrected chi connectivity index (χ0v) is 18.4. The van der Waals surface area contributed by atoms with Crippen molar-refractivity contribution in [3.8, 4) is 17.1 Å². The number of hydrogen-bond acceptors (Lipinski definition) is 5. The van der Waals surface area contributed by atoms with Gasteiger partial charge in [-0.3, -0.25) is 0 Å². The first-order chi connectivity index (χ1) is 15.9. The molecule has 1 spiro atoms. The van der Waals surface area contributed by atoms with Gasteiger partial charge < -0.3 is 9.64 Å². The minimum atomic E-state index is -4.75. The van der Waals surface area contributed by atoms with E-state index in [1.165, 1.54) is 55.0 Å². The molecule has 1 saturated carbocycles. The molecule has 2 aliphatic carbocycles. The summed E-state index contributed by atoms with van der Waals surface area (Å²) in [5.41, 5.74) is 4.19. The van der Waals surface area contributed by atoms with Crippen molar-refractivity contribution >= 4 is 11.5 Å². The Hall–Kier alpha value is -2.84. The van der Waals surface area contributed by atoms with Gasteiger partial charge in [0.05, 0.1) is 0 Å². The molecule has 3 heterocycles. The lowest BCUT2D eigenvalue weighted by Crippen LogP contribution is -2.32. The van der Waals surface area contributed by atoms with E-state index in [1.54, 1.807) is 10.6 Å². The third-order valence-electron chi connectivity index (χ3n) is 7.49. The Labute approximate surface area is 189 Å². The number of alkyl halides is 3. The summed E-state index contributed by atoms with van der Waals surface area (Å²) in [4.78, 5) is 2.37. The summed E-state index contributed by atoms with van der Waals surface area (Å²) < 4.78 is 44.1. The first-order valence-corrected chi connectivity index (χ1v) is 11.8. The van der Waals surface area contributed by atoms with Gasteiger partial charge in [0.1, 0.15) is 5.75 Å². The largest absolute Gasteiger partial charge is 0.573 e. The molecule has 3 aromatic rings. The minimum absolute atomic E-state index is 0.279. The number of aromatic nitrogens is 4. The molecular weight excluding hydrogens is 431 g/mol. The summed E-state index contributed by atoms with van der Waals surface area (Å²) in [6.45, 7) is 1.95. The fraction of sp³-hybridized carbons (Fsp3) is 0.542. The predicted molar refractivity (Wildman–Crippen MR) is 117 cm³/mol. The number of halogens is 3. The molecule has 1 saturated heterocycles. The van der Waals surface area contributed by atoms with Crippen LogP contribution in [0.1, 0.15) is 56.1 Å². The van der Waals surface area contributed by atoms with E-state index in [-0.39, 0.29) is 5.75 Å². The van der Waals surface area contributed by atoms with Crippen LogP contribution in [0, 0.1) is 5.41 Å². The van der Waals surface area contributed by atoms with Gasteiger partial charge >= 0.3 is 6.36 Å². The van der Waals surface area contributed by atoms with Crippen molar-refractivity contribution in [3.05, 3.63) is 35.4 Å². The molecule has 0 unspecified atom stereocenters. The highest BCUT2D eigenvalue weighted by atomic mass is 19.4. The number of anilines is 1. The Morgan fingerprint density at radius 3 is 2.39 bits per heavy atom. The monoisotopic (exact) mass is 457 g/mol. The van der Waals surface area contributed by atoms with E-state index in [9.17, 15) is 13.2 Å². The SMILES string of the molecule is FC(F)(F)Oc1cccc(-c2nnc3c4c(c(N5CCCCC5)nn23)CCC2(CC4)CC2)c1. The van der Waals surface area contributed by atoms with Crippen LogP contribution in [0.5, 0.6) is 5.75 Å². The van der Waals surface area contributed by atoms with Crippen molar-refractivity contribution in [3.63, 3.8) is 0 Å². The lowest BCUT2D eigenvalue weighted by atomic mass is 9.96. The maximum Gasteiger partial charge on any atom is 0.573 e. The second-order valence-electron chi connectivity index (χ2n) is 9.66. The number of nitrogens with zero attached hydrogens (tertiary/aromatic N) is 5. The molecule has 6 nitrogen and oxygen atoms in total. The standard InChI is InChI=1S/C24H26F3N5O/c25-24(26,27)33-17-6-4-5-16(15-17)20-28-29-21-18-7-9-23(11-12-23)10-8-19(18)22(30-32(20)21)31-13-2-1-3-14-31/h4-6,15H,1-3,7-14H2. The molecule has 174 valence electrons. The minimum Gasteiger partial charge on any atom is -0.406 e. The second kappa shape index (κ2) is 7.60. The molecule has 1 aliphatic heterocycles. The number of piperidine rings is 1. The summed E-state index contributed by atoms with van der Waals surface area (Å²) in [5, 5.41) is 13.9. The maximum atomic E-state index is 12.7. The van der Waals surface area contributed by atoms with E-state index in [0.717, 1.165) is 56.7 Å². The predicted octanol–water partition coefficient (Wildman–Crippen LogP) is 5.34. The maximum absolute atomic E-state index is 12.7. The van der Waals surface area contributed by atoms with Gasteiger partial charge in [-0.2, -0.15) is 4.52 Å². The number of aryl methyl sites for hydroxylation is 1. The van der Waals surface area contributed by atoms with Crippen molar-refractivity contribution < 1.29 is 17.9 Å². The third-order valence-corrected chi connectivity index (χ3v) is 7.49. The number of fused-ring (bicyclic) bond motifs is 3. The number of hydrogen-bond donors (Lipinski definition) is 0. The molecule has 0 bridgehead atoms. The van der Waals surface area contributed by atoms with Crippen LogP contribution in [0.15, 0.2) is 24.3 Å². The van der Waals surface area contributed by atoms with E-state index in [4.69, 9.17) is 5.10 Å². The van der Waals surface area contributed by atoms with Gasteiger partial charge in [0.25, 0.3) is 0 Å². The Morgan fingerprint density at radius 1 is 0.909 bits per heavy atom. The van der Waals surface area contributed by atoms with E-state index < -0.39 is 6.36 Å². The Kier molecular flexibility index (Phi) is 4.78. The third kappa shape index (κ3) is 3.91. The second-order valence-corrected chi connectivity index (χ2v) is 9.66. The molecule has 6 rings (SSSR count). The van der Waals surface area contributed by atoms with Crippen LogP contribution in [-0.4, -0.2) is 39.3 Å². The van der Waals surface area contributed by atoms with Crippen molar-refractivity contribution in [1.29, 1.82) is 0 Å². The van der Waals surface area contributed by atoms with Crippen molar-refractivity contribution in [1.82, 2.24) is 19.8 Å². The first kappa shape index (κ1) is 20.7. The normalized spacial score (nSPS) is 20.0. The molecular formula is C24H26F3N5O. The van der Waals surface area contributed by atoms with Crippen LogP contribution in [0.2, 0.25) is 0 Å². The molecule has 0 N–H and O–H groups in total.